The number of rotatable bonds is 6. The van der Waals surface area contributed by atoms with E-state index in [1.54, 1.807) is 19.5 Å². The number of aromatic nitrogens is 2. The third-order valence-electron chi connectivity index (χ3n) is 4.69. The molecule has 0 bridgehead atoms. The lowest BCUT2D eigenvalue weighted by Gasteiger charge is -2.30. The molecular weight excluding hydrogens is 328 g/mol. The number of hydrogen-bond donors (Lipinski definition) is 1. The zero-order valence-electron chi connectivity index (χ0n) is 15.4. The summed E-state index contributed by atoms with van der Waals surface area (Å²) in [6, 6.07) is 8.01. The van der Waals surface area contributed by atoms with E-state index in [1.807, 2.05) is 29.2 Å². The fourth-order valence-electron chi connectivity index (χ4n) is 3.19. The third-order valence-corrected chi connectivity index (χ3v) is 4.69. The Morgan fingerprint density at radius 2 is 2.08 bits per heavy atom. The molecule has 2 heterocycles. The molecule has 1 fully saturated rings. The van der Waals surface area contributed by atoms with Crippen molar-refractivity contribution in [2.45, 2.75) is 26.2 Å². The number of carbonyl (C=O) groups is 1. The van der Waals surface area contributed by atoms with Crippen LogP contribution in [0.1, 0.15) is 35.8 Å². The maximum absolute atomic E-state index is 12.5. The molecule has 6 nitrogen and oxygen atoms in total. The van der Waals surface area contributed by atoms with Gasteiger partial charge in [-0.25, -0.2) is 9.97 Å². The van der Waals surface area contributed by atoms with Crippen molar-refractivity contribution in [2.24, 2.45) is 5.92 Å². The van der Waals surface area contributed by atoms with Crippen molar-refractivity contribution < 1.29 is 9.53 Å². The standard InChI is InChI=1S/C20H26N4O2/c1-15-4-3-11-24(14-15)20(25)18-12-23-19(13-22-18)21-10-9-16-5-7-17(26-2)8-6-16/h5-8,12-13,15H,3-4,9-11,14H2,1-2H3,(H,21,23). The topological polar surface area (TPSA) is 67.3 Å². The first-order chi connectivity index (χ1) is 12.7. The van der Waals surface area contributed by atoms with Crippen LogP contribution in [0.3, 0.4) is 0 Å². The molecule has 6 heteroatoms. The van der Waals surface area contributed by atoms with Gasteiger partial charge >= 0.3 is 0 Å². The molecule has 0 saturated carbocycles. The van der Waals surface area contributed by atoms with Gasteiger partial charge in [-0.15, -0.1) is 0 Å². The summed E-state index contributed by atoms with van der Waals surface area (Å²) in [6.45, 7) is 4.55. The molecule has 3 rings (SSSR count). The van der Waals surface area contributed by atoms with Crippen LogP contribution >= 0.6 is 0 Å². The number of anilines is 1. The zero-order chi connectivity index (χ0) is 18.4. The van der Waals surface area contributed by atoms with E-state index >= 15 is 0 Å². The first-order valence-corrected chi connectivity index (χ1v) is 9.14. The lowest BCUT2D eigenvalue weighted by Crippen LogP contribution is -2.39. The molecule has 1 aromatic carbocycles. The highest BCUT2D eigenvalue weighted by Crippen LogP contribution is 2.17. The van der Waals surface area contributed by atoms with Crippen LogP contribution in [0, 0.1) is 5.92 Å². The van der Waals surface area contributed by atoms with Crippen molar-refractivity contribution in [3.05, 3.63) is 47.9 Å². The van der Waals surface area contributed by atoms with E-state index in [2.05, 4.69) is 22.2 Å². The summed E-state index contributed by atoms with van der Waals surface area (Å²) < 4.78 is 5.16. The van der Waals surface area contributed by atoms with Gasteiger partial charge in [-0.05, 0) is 42.9 Å². The summed E-state index contributed by atoms with van der Waals surface area (Å²) in [5.41, 5.74) is 1.64. The molecule has 2 aromatic rings. The molecule has 1 aliphatic heterocycles. The first kappa shape index (κ1) is 18.2. The molecule has 1 unspecified atom stereocenters. The number of hydrogen-bond acceptors (Lipinski definition) is 5. The summed E-state index contributed by atoms with van der Waals surface area (Å²) in [4.78, 5) is 23.0. The molecule has 0 spiro atoms. The molecule has 1 aromatic heterocycles. The van der Waals surface area contributed by atoms with Gasteiger partial charge in [0, 0.05) is 19.6 Å². The van der Waals surface area contributed by atoms with Gasteiger partial charge in [-0.1, -0.05) is 19.1 Å². The van der Waals surface area contributed by atoms with Crippen LogP contribution in [0.15, 0.2) is 36.7 Å². The molecule has 138 valence electrons. The maximum atomic E-state index is 12.5. The summed E-state index contributed by atoms with van der Waals surface area (Å²) in [5.74, 6) is 2.08. The van der Waals surface area contributed by atoms with Crippen LogP contribution in [0.5, 0.6) is 5.75 Å². The Labute approximate surface area is 154 Å². The van der Waals surface area contributed by atoms with E-state index in [0.717, 1.165) is 38.2 Å². The average molecular weight is 354 g/mol. The summed E-state index contributed by atoms with van der Waals surface area (Å²) in [6.07, 6.45) is 6.32. The minimum absolute atomic E-state index is 0.0196. The zero-order valence-corrected chi connectivity index (χ0v) is 15.4. The number of benzene rings is 1. The fourth-order valence-corrected chi connectivity index (χ4v) is 3.19. The minimum Gasteiger partial charge on any atom is -0.497 e. The van der Waals surface area contributed by atoms with Crippen molar-refractivity contribution >= 4 is 11.7 Å². The van der Waals surface area contributed by atoms with Gasteiger partial charge in [0.25, 0.3) is 5.91 Å². The predicted octanol–water partition coefficient (Wildman–Crippen LogP) is 3.01. The lowest BCUT2D eigenvalue weighted by molar-refractivity contribution is 0.0676. The summed E-state index contributed by atoms with van der Waals surface area (Å²) in [5, 5.41) is 3.24. The minimum atomic E-state index is -0.0196. The highest BCUT2D eigenvalue weighted by Gasteiger charge is 2.23. The lowest BCUT2D eigenvalue weighted by atomic mass is 10.0. The third kappa shape index (κ3) is 4.71. The van der Waals surface area contributed by atoms with Crippen molar-refractivity contribution in [1.29, 1.82) is 0 Å². The number of methoxy groups -OCH3 is 1. The van der Waals surface area contributed by atoms with E-state index in [9.17, 15) is 4.79 Å². The second kappa shape index (κ2) is 8.65. The fraction of sp³-hybridized carbons (Fsp3) is 0.450. The summed E-state index contributed by atoms with van der Waals surface area (Å²) >= 11 is 0. The van der Waals surface area contributed by atoms with Crippen molar-refractivity contribution in [3.63, 3.8) is 0 Å². The van der Waals surface area contributed by atoms with Gasteiger partial charge in [-0.3, -0.25) is 4.79 Å². The van der Waals surface area contributed by atoms with Crippen LogP contribution in [-0.2, 0) is 6.42 Å². The van der Waals surface area contributed by atoms with E-state index in [0.29, 0.717) is 17.4 Å². The predicted molar refractivity (Wildman–Crippen MR) is 102 cm³/mol. The van der Waals surface area contributed by atoms with Gasteiger partial charge in [-0.2, -0.15) is 0 Å². The van der Waals surface area contributed by atoms with E-state index in [1.165, 1.54) is 12.0 Å². The monoisotopic (exact) mass is 354 g/mol. The van der Waals surface area contributed by atoms with Gasteiger partial charge in [0.05, 0.1) is 19.5 Å². The maximum Gasteiger partial charge on any atom is 0.274 e. The molecule has 0 radical (unpaired) electrons. The quantitative estimate of drug-likeness (QED) is 0.864. The van der Waals surface area contributed by atoms with Crippen LogP contribution in [-0.4, -0.2) is 47.5 Å². The number of nitrogens with zero attached hydrogens (tertiary/aromatic N) is 3. The van der Waals surface area contributed by atoms with Crippen LogP contribution in [0.2, 0.25) is 0 Å². The molecular formula is C20H26N4O2. The van der Waals surface area contributed by atoms with Gasteiger partial charge in [0.1, 0.15) is 17.3 Å². The Kier molecular flexibility index (Phi) is 6.04. The average Bonchev–Trinajstić information content (AvgIpc) is 2.68. The largest absolute Gasteiger partial charge is 0.497 e. The van der Waals surface area contributed by atoms with E-state index < -0.39 is 0 Å². The van der Waals surface area contributed by atoms with Gasteiger partial charge in [0.15, 0.2) is 0 Å². The number of nitrogens with one attached hydrogen (secondary N) is 1. The van der Waals surface area contributed by atoms with Crippen LogP contribution < -0.4 is 10.1 Å². The van der Waals surface area contributed by atoms with Crippen LogP contribution in [0.4, 0.5) is 5.82 Å². The van der Waals surface area contributed by atoms with Crippen molar-refractivity contribution in [2.75, 3.05) is 32.1 Å². The van der Waals surface area contributed by atoms with Gasteiger partial charge in [0.2, 0.25) is 0 Å². The molecule has 1 amide bonds. The molecule has 1 N–H and O–H groups in total. The number of likely N-dealkylation sites (tertiary alicyclic amines) is 1. The number of carbonyl (C=O) groups excluding carboxylic acids is 1. The SMILES string of the molecule is COc1ccc(CCNc2cnc(C(=O)N3CCCC(C)C3)cn2)cc1. The van der Waals surface area contributed by atoms with Crippen LogP contribution in [0.25, 0.3) is 0 Å². The molecule has 26 heavy (non-hydrogen) atoms. The number of piperidine rings is 1. The molecule has 1 saturated heterocycles. The molecule has 1 aliphatic rings. The molecule has 0 aliphatic carbocycles. The normalized spacial score (nSPS) is 17.0. The van der Waals surface area contributed by atoms with E-state index in [4.69, 9.17) is 4.74 Å². The highest BCUT2D eigenvalue weighted by molar-refractivity contribution is 5.92. The Bertz CT molecular complexity index is 716. The first-order valence-electron chi connectivity index (χ1n) is 9.14. The molecule has 1 atom stereocenters. The Hall–Kier alpha value is -2.63. The smallest absolute Gasteiger partial charge is 0.274 e. The highest BCUT2D eigenvalue weighted by atomic mass is 16.5. The van der Waals surface area contributed by atoms with Crippen molar-refractivity contribution in [1.82, 2.24) is 14.9 Å². The second-order valence-corrected chi connectivity index (χ2v) is 6.81. The summed E-state index contributed by atoms with van der Waals surface area (Å²) in [7, 11) is 1.66. The Morgan fingerprint density at radius 1 is 1.27 bits per heavy atom. The number of amides is 1. The Morgan fingerprint density at radius 3 is 2.73 bits per heavy atom. The van der Waals surface area contributed by atoms with Crippen molar-refractivity contribution in [3.8, 4) is 5.75 Å². The Balaban J connectivity index is 1.50. The van der Waals surface area contributed by atoms with E-state index in [-0.39, 0.29) is 5.91 Å². The second-order valence-electron chi connectivity index (χ2n) is 6.81. The number of ether oxygens (including phenoxy) is 1. The van der Waals surface area contributed by atoms with Gasteiger partial charge < -0.3 is 15.0 Å².